The minimum absolute atomic E-state index is 0.190. The van der Waals surface area contributed by atoms with Gasteiger partial charge < -0.3 is 14.7 Å². The average Bonchev–Trinajstić information content (AvgIpc) is 2.34. The van der Waals surface area contributed by atoms with Crippen molar-refractivity contribution in [2.75, 3.05) is 13.7 Å². The molecule has 0 atom stereocenters. The highest BCUT2D eigenvalue weighted by atomic mass is 79.9. The topological polar surface area (TPSA) is 66.8 Å². The molecule has 0 bridgehead atoms. The number of halogens is 1. The maximum atomic E-state index is 12.3. The monoisotopic (exact) mass is 329 g/mol. The summed E-state index contributed by atoms with van der Waals surface area (Å²) in [5.41, 5.74) is 0.419. The summed E-state index contributed by atoms with van der Waals surface area (Å²) in [6.45, 7) is 3.24. The van der Waals surface area contributed by atoms with Crippen molar-refractivity contribution in [1.29, 1.82) is 0 Å². The normalized spacial score (nSPS) is 10.4. The quantitative estimate of drug-likeness (QED) is 0.900. The summed E-state index contributed by atoms with van der Waals surface area (Å²) in [6, 6.07) is 4.71. The first-order valence-electron chi connectivity index (χ1n) is 5.73. The Bertz CT molecular complexity index is 488. The Morgan fingerprint density at radius 2 is 2.05 bits per heavy atom. The molecule has 0 saturated heterocycles. The fraction of sp³-hybridized carbons (Fsp3) is 0.385. The fourth-order valence-electron chi connectivity index (χ4n) is 1.60. The molecule has 19 heavy (non-hydrogen) atoms. The Morgan fingerprint density at radius 3 is 2.47 bits per heavy atom. The van der Waals surface area contributed by atoms with Crippen molar-refractivity contribution in [3.63, 3.8) is 0 Å². The summed E-state index contributed by atoms with van der Waals surface area (Å²) in [7, 11) is 1.53. The molecule has 0 spiro atoms. The van der Waals surface area contributed by atoms with Gasteiger partial charge >= 0.3 is 5.97 Å². The molecule has 0 fully saturated rings. The van der Waals surface area contributed by atoms with Crippen LogP contribution in [0.1, 0.15) is 24.2 Å². The third kappa shape index (κ3) is 3.96. The van der Waals surface area contributed by atoms with Gasteiger partial charge in [-0.3, -0.25) is 9.59 Å². The van der Waals surface area contributed by atoms with E-state index in [1.165, 1.54) is 12.0 Å². The first kappa shape index (κ1) is 15.5. The number of carbonyl (C=O) groups excluding carboxylic acids is 1. The van der Waals surface area contributed by atoms with Crippen molar-refractivity contribution in [2.24, 2.45) is 0 Å². The molecule has 1 N–H and O–H groups in total. The van der Waals surface area contributed by atoms with Crippen molar-refractivity contribution in [2.45, 2.75) is 19.9 Å². The van der Waals surface area contributed by atoms with Crippen LogP contribution in [0.2, 0.25) is 0 Å². The lowest BCUT2D eigenvalue weighted by Crippen LogP contribution is -2.40. The molecule has 0 aliphatic rings. The van der Waals surface area contributed by atoms with Crippen LogP contribution >= 0.6 is 15.9 Å². The van der Waals surface area contributed by atoms with Gasteiger partial charge in [-0.25, -0.2) is 0 Å². The third-order valence-corrected chi connectivity index (χ3v) is 3.21. The molecular weight excluding hydrogens is 314 g/mol. The molecule has 0 aromatic heterocycles. The molecule has 0 saturated carbocycles. The molecule has 0 heterocycles. The number of methoxy groups -OCH3 is 1. The lowest BCUT2D eigenvalue weighted by Gasteiger charge is -2.25. The number of ether oxygens (including phenoxy) is 1. The van der Waals surface area contributed by atoms with Crippen LogP contribution in [0.15, 0.2) is 22.7 Å². The second kappa shape index (κ2) is 6.56. The molecule has 1 aromatic carbocycles. The second-order valence-corrected chi connectivity index (χ2v) is 5.12. The lowest BCUT2D eigenvalue weighted by molar-refractivity contribution is -0.138. The van der Waals surface area contributed by atoms with Crippen molar-refractivity contribution in [3.05, 3.63) is 28.2 Å². The van der Waals surface area contributed by atoms with Gasteiger partial charge in [0.25, 0.3) is 5.91 Å². The van der Waals surface area contributed by atoms with E-state index in [2.05, 4.69) is 15.9 Å². The zero-order chi connectivity index (χ0) is 14.6. The van der Waals surface area contributed by atoms with Crippen molar-refractivity contribution >= 4 is 27.8 Å². The van der Waals surface area contributed by atoms with Crippen LogP contribution in [-0.4, -0.2) is 41.6 Å². The van der Waals surface area contributed by atoms with E-state index >= 15 is 0 Å². The van der Waals surface area contributed by atoms with Crippen LogP contribution in [0.25, 0.3) is 0 Å². The number of amides is 1. The van der Waals surface area contributed by atoms with Crippen LogP contribution < -0.4 is 4.74 Å². The number of carbonyl (C=O) groups is 2. The molecular formula is C13H16BrNO4. The smallest absolute Gasteiger partial charge is 0.323 e. The minimum Gasteiger partial charge on any atom is -0.496 e. The van der Waals surface area contributed by atoms with Gasteiger partial charge in [0, 0.05) is 11.6 Å². The van der Waals surface area contributed by atoms with E-state index in [0.717, 1.165) is 0 Å². The van der Waals surface area contributed by atoms with Gasteiger partial charge in [-0.05, 0) is 48.0 Å². The maximum Gasteiger partial charge on any atom is 0.323 e. The number of benzene rings is 1. The molecule has 5 nitrogen and oxygen atoms in total. The summed E-state index contributed by atoms with van der Waals surface area (Å²) in [4.78, 5) is 24.4. The summed E-state index contributed by atoms with van der Waals surface area (Å²) in [5, 5.41) is 8.84. The SMILES string of the molecule is COc1ccc(C(=O)N(CC(=O)O)C(C)C)cc1Br. The molecule has 0 unspecified atom stereocenters. The van der Waals surface area contributed by atoms with Crippen LogP contribution in [-0.2, 0) is 4.79 Å². The standard InChI is InChI=1S/C13H16BrNO4/c1-8(2)15(7-12(16)17)13(18)9-4-5-11(19-3)10(14)6-9/h4-6,8H,7H2,1-3H3,(H,16,17). The number of carboxylic acids is 1. The summed E-state index contributed by atoms with van der Waals surface area (Å²) >= 11 is 3.30. The second-order valence-electron chi connectivity index (χ2n) is 4.27. The van der Waals surface area contributed by atoms with E-state index in [1.807, 2.05) is 0 Å². The molecule has 0 radical (unpaired) electrons. The van der Waals surface area contributed by atoms with Crippen LogP contribution in [0.4, 0.5) is 0 Å². The van der Waals surface area contributed by atoms with Crippen LogP contribution in [0, 0.1) is 0 Å². The molecule has 1 rings (SSSR count). The van der Waals surface area contributed by atoms with E-state index in [0.29, 0.717) is 15.8 Å². The van der Waals surface area contributed by atoms with Crippen molar-refractivity contribution < 1.29 is 19.4 Å². The van der Waals surface area contributed by atoms with Gasteiger partial charge in [0.15, 0.2) is 0 Å². The van der Waals surface area contributed by atoms with Gasteiger partial charge in [0.2, 0.25) is 0 Å². The Balaban J connectivity index is 3.03. The van der Waals surface area contributed by atoms with E-state index in [1.54, 1.807) is 32.0 Å². The molecule has 6 heteroatoms. The highest BCUT2D eigenvalue weighted by molar-refractivity contribution is 9.10. The molecule has 1 amide bonds. The van der Waals surface area contributed by atoms with E-state index < -0.39 is 5.97 Å². The number of carboxylic acid groups (broad SMARTS) is 1. The predicted octanol–water partition coefficient (Wildman–Crippen LogP) is 2.39. The molecule has 0 aliphatic heterocycles. The summed E-state index contributed by atoms with van der Waals surface area (Å²) in [6.07, 6.45) is 0. The molecule has 0 aliphatic carbocycles. The number of nitrogens with zero attached hydrogens (tertiary/aromatic N) is 1. The lowest BCUT2D eigenvalue weighted by atomic mass is 10.1. The number of hydrogen-bond acceptors (Lipinski definition) is 3. The Labute approximate surface area is 120 Å². The first-order chi connectivity index (χ1) is 8.86. The molecule has 1 aromatic rings. The fourth-order valence-corrected chi connectivity index (χ4v) is 2.14. The zero-order valence-corrected chi connectivity index (χ0v) is 12.6. The zero-order valence-electron chi connectivity index (χ0n) is 11.0. The minimum atomic E-state index is -1.03. The van der Waals surface area contributed by atoms with Gasteiger partial charge in [-0.1, -0.05) is 0 Å². The van der Waals surface area contributed by atoms with Gasteiger partial charge in [0.05, 0.1) is 11.6 Å². The Morgan fingerprint density at radius 1 is 1.42 bits per heavy atom. The highest BCUT2D eigenvalue weighted by Crippen LogP contribution is 2.26. The average molecular weight is 330 g/mol. The van der Waals surface area contributed by atoms with E-state index in [4.69, 9.17) is 9.84 Å². The third-order valence-electron chi connectivity index (χ3n) is 2.59. The van der Waals surface area contributed by atoms with Crippen LogP contribution in [0.5, 0.6) is 5.75 Å². The Hall–Kier alpha value is -1.56. The van der Waals surface area contributed by atoms with Gasteiger partial charge in [0.1, 0.15) is 12.3 Å². The summed E-state index contributed by atoms with van der Waals surface area (Å²) in [5.74, 6) is -0.735. The van der Waals surface area contributed by atoms with E-state index in [-0.39, 0.29) is 18.5 Å². The predicted molar refractivity (Wildman–Crippen MR) is 74.5 cm³/mol. The Kier molecular flexibility index (Phi) is 5.35. The van der Waals surface area contributed by atoms with Gasteiger partial charge in [-0.15, -0.1) is 0 Å². The van der Waals surface area contributed by atoms with Gasteiger partial charge in [-0.2, -0.15) is 0 Å². The number of aliphatic carboxylic acids is 1. The first-order valence-corrected chi connectivity index (χ1v) is 6.52. The number of hydrogen-bond donors (Lipinski definition) is 1. The van der Waals surface area contributed by atoms with Crippen LogP contribution in [0.3, 0.4) is 0 Å². The largest absolute Gasteiger partial charge is 0.496 e. The highest BCUT2D eigenvalue weighted by Gasteiger charge is 2.21. The van der Waals surface area contributed by atoms with Crippen molar-refractivity contribution in [1.82, 2.24) is 4.90 Å². The molecule has 104 valence electrons. The maximum absolute atomic E-state index is 12.3. The van der Waals surface area contributed by atoms with E-state index in [9.17, 15) is 9.59 Å². The summed E-state index contributed by atoms with van der Waals surface area (Å²) < 4.78 is 5.74. The number of rotatable bonds is 5. The van der Waals surface area contributed by atoms with Crippen molar-refractivity contribution in [3.8, 4) is 5.75 Å².